The van der Waals surface area contributed by atoms with Crippen LogP contribution in [-0.4, -0.2) is 31.6 Å². The van der Waals surface area contributed by atoms with E-state index in [9.17, 15) is 14.0 Å². The van der Waals surface area contributed by atoms with Crippen LogP contribution in [0.25, 0.3) is 0 Å². The standard InChI is InChI=1S/C15H16BrFO4/c1-2-21-14(19)15(9-20-4-3-13(15)18)8-10-5-11(16)7-12(17)6-10/h5-7H,2-4,8-9H2,1H3. The highest BCUT2D eigenvalue weighted by Crippen LogP contribution is 2.32. The van der Waals surface area contributed by atoms with Crippen LogP contribution in [0.4, 0.5) is 4.39 Å². The molecule has 0 N–H and O–H groups in total. The van der Waals surface area contributed by atoms with Crippen LogP contribution >= 0.6 is 15.9 Å². The summed E-state index contributed by atoms with van der Waals surface area (Å²) in [5, 5.41) is 0. The van der Waals surface area contributed by atoms with Crippen LogP contribution in [0.5, 0.6) is 0 Å². The van der Waals surface area contributed by atoms with Crippen LogP contribution in [0.1, 0.15) is 18.9 Å². The number of rotatable bonds is 4. The summed E-state index contributed by atoms with van der Waals surface area (Å²) in [4.78, 5) is 24.6. The van der Waals surface area contributed by atoms with Crippen LogP contribution in [0, 0.1) is 11.2 Å². The molecule has 1 atom stereocenters. The molecule has 0 amide bonds. The van der Waals surface area contributed by atoms with Gasteiger partial charge in [0, 0.05) is 10.9 Å². The SMILES string of the molecule is CCOC(=O)C1(Cc2cc(F)cc(Br)c2)COCCC1=O. The Kier molecular flexibility index (Phi) is 5.11. The van der Waals surface area contributed by atoms with Crippen molar-refractivity contribution in [3.05, 3.63) is 34.1 Å². The molecule has 6 heteroatoms. The number of halogens is 2. The van der Waals surface area contributed by atoms with Gasteiger partial charge in [-0.1, -0.05) is 15.9 Å². The van der Waals surface area contributed by atoms with Crippen molar-refractivity contribution < 1.29 is 23.5 Å². The van der Waals surface area contributed by atoms with Crippen LogP contribution < -0.4 is 0 Å². The van der Waals surface area contributed by atoms with Crippen molar-refractivity contribution in [1.82, 2.24) is 0 Å². The fraction of sp³-hybridized carbons (Fsp3) is 0.467. The van der Waals surface area contributed by atoms with Crippen LogP contribution in [-0.2, 0) is 25.5 Å². The van der Waals surface area contributed by atoms with Gasteiger partial charge in [0.25, 0.3) is 0 Å². The second-order valence-electron chi connectivity index (χ2n) is 4.98. The first-order valence-corrected chi connectivity index (χ1v) is 7.50. The molecule has 0 bridgehead atoms. The lowest BCUT2D eigenvalue weighted by Crippen LogP contribution is -2.49. The molecular weight excluding hydrogens is 343 g/mol. The summed E-state index contributed by atoms with van der Waals surface area (Å²) in [6.45, 7) is 2.13. The van der Waals surface area contributed by atoms with E-state index >= 15 is 0 Å². The van der Waals surface area contributed by atoms with Crippen LogP contribution in [0.15, 0.2) is 22.7 Å². The van der Waals surface area contributed by atoms with Gasteiger partial charge < -0.3 is 9.47 Å². The van der Waals surface area contributed by atoms with E-state index in [0.29, 0.717) is 16.6 Å². The highest BCUT2D eigenvalue weighted by Gasteiger charge is 2.49. The fourth-order valence-electron chi connectivity index (χ4n) is 2.46. The highest BCUT2D eigenvalue weighted by molar-refractivity contribution is 9.10. The van der Waals surface area contributed by atoms with Crippen LogP contribution in [0.2, 0.25) is 0 Å². The summed E-state index contributed by atoms with van der Waals surface area (Å²) in [5.74, 6) is -1.25. The summed E-state index contributed by atoms with van der Waals surface area (Å²) in [6.07, 6.45) is 0.232. The molecule has 1 aromatic carbocycles. The molecule has 1 saturated heterocycles. The van der Waals surface area contributed by atoms with Crippen molar-refractivity contribution >= 4 is 27.7 Å². The van der Waals surface area contributed by atoms with E-state index in [1.165, 1.54) is 12.1 Å². The van der Waals surface area contributed by atoms with Crippen molar-refractivity contribution in [2.24, 2.45) is 5.41 Å². The molecular formula is C15H16BrFO4. The number of esters is 1. The average Bonchev–Trinajstić information content (AvgIpc) is 2.40. The molecule has 21 heavy (non-hydrogen) atoms. The minimum atomic E-state index is -1.37. The van der Waals surface area contributed by atoms with Gasteiger partial charge in [0.15, 0.2) is 11.2 Å². The molecule has 0 aromatic heterocycles. The van der Waals surface area contributed by atoms with Crippen molar-refractivity contribution in [3.8, 4) is 0 Å². The second-order valence-corrected chi connectivity index (χ2v) is 5.90. The summed E-state index contributed by atoms with van der Waals surface area (Å²) in [7, 11) is 0. The number of carbonyl (C=O) groups excluding carboxylic acids is 2. The zero-order valence-electron chi connectivity index (χ0n) is 11.7. The Morgan fingerprint density at radius 1 is 1.48 bits per heavy atom. The normalized spacial score (nSPS) is 22.1. The molecule has 1 aliphatic heterocycles. The number of hydrogen-bond donors (Lipinski definition) is 0. The van der Waals surface area contributed by atoms with Gasteiger partial charge in [-0.2, -0.15) is 0 Å². The molecule has 1 aliphatic rings. The first-order chi connectivity index (χ1) is 9.98. The molecule has 1 heterocycles. The van der Waals surface area contributed by atoms with E-state index in [0.717, 1.165) is 0 Å². The summed E-state index contributed by atoms with van der Waals surface area (Å²) in [5.41, 5.74) is -0.824. The Morgan fingerprint density at radius 2 is 2.24 bits per heavy atom. The van der Waals surface area contributed by atoms with Gasteiger partial charge in [-0.3, -0.25) is 9.59 Å². The Bertz CT molecular complexity index is 540. The molecule has 1 unspecified atom stereocenters. The first kappa shape index (κ1) is 16.1. The molecule has 0 saturated carbocycles. The molecule has 0 radical (unpaired) electrons. The van der Waals surface area contributed by atoms with Gasteiger partial charge in [0.05, 0.1) is 19.8 Å². The Hall–Kier alpha value is -1.27. The Morgan fingerprint density at radius 3 is 2.86 bits per heavy atom. The van der Waals surface area contributed by atoms with Crippen molar-refractivity contribution in [2.75, 3.05) is 19.8 Å². The van der Waals surface area contributed by atoms with E-state index in [1.54, 1.807) is 13.0 Å². The maximum Gasteiger partial charge on any atom is 0.322 e. The van der Waals surface area contributed by atoms with Gasteiger partial charge >= 0.3 is 5.97 Å². The first-order valence-electron chi connectivity index (χ1n) is 6.71. The van der Waals surface area contributed by atoms with E-state index in [2.05, 4.69) is 15.9 Å². The molecule has 1 aromatic rings. The summed E-state index contributed by atoms with van der Waals surface area (Å²) < 4.78 is 24.4. The number of carbonyl (C=O) groups is 2. The van der Waals surface area contributed by atoms with Gasteiger partial charge in [0.1, 0.15) is 5.82 Å². The number of hydrogen-bond acceptors (Lipinski definition) is 4. The van der Waals surface area contributed by atoms with E-state index in [1.807, 2.05) is 0 Å². The molecule has 2 rings (SSSR count). The monoisotopic (exact) mass is 358 g/mol. The zero-order chi connectivity index (χ0) is 15.5. The number of benzene rings is 1. The van der Waals surface area contributed by atoms with E-state index < -0.39 is 17.2 Å². The second kappa shape index (κ2) is 6.66. The molecule has 0 aliphatic carbocycles. The summed E-state index contributed by atoms with van der Waals surface area (Å²) >= 11 is 3.21. The Labute approximate surface area is 130 Å². The lowest BCUT2D eigenvalue weighted by Gasteiger charge is -2.33. The predicted octanol–water partition coefficient (Wildman–Crippen LogP) is 2.67. The Balaban J connectivity index is 2.35. The maximum atomic E-state index is 13.5. The van der Waals surface area contributed by atoms with Crippen molar-refractivity contribution in [2.45, 2.75) is 19.8 Å². The number of ether oxygens (including phenoxy) is 2. The third-order valence-electron chi connectivity index (χ3n) is 3.45. The smallest absolute Gasteiger partial charge is 0.322 e. The minimum Gasteiger partial charge on any atom is -0.465 e. The van der Waals surface area contributed by atoms with Gasteiger partial charge in [-0.05, 0) is 37.1 Å². The molecule has 114 valence electrons. The molecule has 1 fully saturated rings. The van der Waals surface area contributed by atoms with Crippen molar-refractivity contribution in [1.29, 1.82) is 0 Å². The van der Waals surface area contributed by atoms with E-state index in [4.69, 9.17) is 9.47 Å². The molecule has 4 nitrogen and oxygen atoms in total. The topological polar surface area (TPSA) is 52.6 Å². The van der Waals surface area contributed by atoms with Crippen LogP contribution in [0.3, 0.4) is 0 Å². The van der Waals surface area contributed by atoms with Gasteiger partial charge in [-0.25, -0.2) is 4.39 Å². The quantitative estimate of drug-likeness (QED) is 0.613. The summed E-state index contributed by atoms with van der Waals surface area (Å²) in [6, 6.07) is 4.32. The van der Waals surface area contributed by atoms with Gasteiger partial charge in [0.2, 0.25) is 0 Å². The predicted molar refractivity (Wildman–Crippen MR) is 77.3 cm³/mol. The lowest BCUT2D eigenvalue weighted by molar-refractivity contribution is -0.169. The average molecular weight is 359 g/mol. The minimum absolute atomic E-state index is 0.0290. The zero-order valence-corrected chi connectivity index (χ0v) is 13.2. The third-order valence-corrected chi connectivity index (χ3v) is 3.91. The maximum absolute atomic E-state index is 13.5. The largest absolute Gasteiger partial charge is 0.465 e. The number of ketones is 1. The molecule has 0 spiro atoms. The van der Waals surface area contributed by atoms with Gasteiger partial charge in [-0.15, -0.1) is 0 Å². The highest BCUT2D eigenvalue weighted by atomic mass is 79.9. The lowest BCUT2D eigenvalue weighted by atomic mass is 9.76. The number of Topliss-reactive ketones (excluding diaryl/α,β-unsaturated/α-hetero) is 1. The fourth-order valence-corrected chi connectivity index (χ4v) is 2.97. The van der Waals surface area contributed by atoms with E-state index in [-0.39, 0.29) is 31.8 Å². The van der Waals surface area contributed by atoms with Crippen molar-refractivity contribution in [3.63, 3.8) is 0 Å². The third kappa shape index (κ3) is 3.49.